The van der Waals surface area contributed by atoms with Crippen molar-refractivity contribution < 1.29 is 26.7 Å². The fourth-order valence-electron chi connectivity index (χ4n) is 4.35. The highest BCUT2D eigenvalue weighted by Gasteiger charge is 2.36. The van der Waals surface area contributed by atoms with Crippen LogP contribution in [0.2, 0.25) is 0 Å². The molecule has 2 N–H and O–H groups in total. The van der Waals surface area contributed by atoms with Gasteiger partial charge in [-0.2, -0.15) is 5.10 Å². The first-order chi connectivity index (χ1) is 16.7. The molecular weight excluding hydrogens is 469 g/mol. The lowest BCUT2D eigenvalue weighted by molar-refractivity contribution is -0.0387. The number of H-pyrrole nitrogens is 1. The van der Waals surface area contributed by atoms with E-state index in [1.165, 1.54) is 35.4 Å². The zero-order chi connectivity index (χ0) is 24.7. The van der Waals surface area contributed by atoms with Crippen LogP contribution < -0.4 is 5.32 Å². The molecule has 0 radical (unpaired) electrons. The van der Waals surface area contributed by atoms with Gasteiger partial charge in [0.25, 0.3) is 5.91 Å². The van der Waals surface area contributed by atoms with Crippen molar-refractivity contribution in [3.63, 3.8) is 0 Å². The van der Waals surface area contributed by atoms with Crippen LogP contribution in [0.1, 0.15) is 53.3 Å². The van der Waals surface area contributed by atoms with Crippen molar-refractivity contribution in [1.82, 2.24) is 19.7 Å². The highest BCUT2D eigenvalue weighted by molar-refractivity contribution is 6.08. The summed E-state index contributed by atoms with van der Waals surface area (Å²) in [5.41, 5.74) is 1.34. The topological polar surface area (TPSA) is 75.6 Å². The zero-order valence-electron chi connectivity index (χ0n) is 18.3. The van der Waals surface area contributed by atoms with Crippen molar-refractivity contribution in [2.24, 2.45) is 0 Å². The van der Waals surface area contributed by atoms with E-state index in [0.29, 0.717) is 16.5 Å². The number of anilines is 1. The van der Waals surface area contributed by atoms with Crippen molar-refractivity contribution >= 4 is 22.5 Å². The van der Waals surface area contributed by atoms with Gasteiger partial charge in [0, 0.05) is 48.8 Å². The molecule has 1 fully saturated rings. The summed E-state index contributed by atoms with van der Waals surface area (Å²) < 4.78 is 69.8. The maximum Gasteiger partial charge on any atom is 0.276 e. The van der Waals surface area contributed by atoms with E-state index in [9.17, 15) is 26.7 Å². The number of amides is 1. The molecule has 3 aromatic heterocycles. The molecule has 0 unspecified atom stereocenters. The van der Waals surface area contributed by atoms with E-state index in [-0.39, 0.29) is 55.2 Å². The summed E-state index contributed by atoms with van der Waals surface area (Å²) >= 11 is 0. The van der Waals surface area contributed by atoms with Gasteiger partial charge in [-0.1, -0.05) is 0 Å². The Balaban J connectivity index is 1.26. The molecule has 1 aliphatic carbocycles. The van der Waals surface area contributed by atoms with Crippen LogP contribution in [-0.2, 0) is 6.54 Å². The van der Waals surface area contributed by atoms with E-state index in [4.69, 9.17) is 0 Å². The summed E-state index contributed by atoms with van der Waals surface area (Å²) in [6.45, 7) is 0.137. The molecule has 0 saturated heterocycles. The minimum absolute atomic E-state index is 0.0649. The molecule has 182 valence electrons. The summed E-state index contributed by atoms with van der Waals surface area (Å²) in [7, 11) is 0. The number of benzene rings is 1. The number of aromatic nitrogens is 4. The van der Waals surface area contributed by atoms with E-state index in [2.05, 4.69) is 20.4 Å². The minimum Gasteiger partial charge on any atom is -0.359 e. The van der Waals surface area contributed by atoms with Crippen molar-refractivity contribution in [2.75, 3.05) is 5.32 Å². The molecule has 0 aliphatic heterocycles. The Morgan fingerprint density at radius 3 is 2.60 bits per heavy atom. The molecule has 0 bridgehead atoms. The number of carbonyl (C=O) groups is 1. The number of nitrogens with zero attached hydrogens (tertiary/aromatic N) is 3. The number of rotatable bonds is 5. The van der Waals surface area contributed by atoms with Gasteiger partial charge in [0.2, 0.25) is 5.92 Å². The molecule has 3 heterocycles. The number of nitrogens with one attached hydrogen (secondary N) is 2. The summed E-state index contributed by atoms with van der Waals surface area (Å²) in [6.07, 6.45) is 4.26. The molecule has 35 heavy (non-hydrogen) atoms. The van der Waals surface area contributed by atoms with Crippen molar-refractivity contribution in [2.45, 2.75) is 44.1 Å². The molecule has 0 atom stereocenters. The van der Waals surface area contributed by atoms with Crippen molar-refractivity contribution in [1.29, 1.82) is 0 Å². The Morgan fingerprint density at radius 1 is 1.11 bits per heavy atom. The minimum atomic E-state index is -2.70. The number of carbonyl (C=O) groups excluding carboxylic acids is 1. The first kappa shape index (κ1) is 23.0. The van der Waals surface area contributed by atoms with Gasteiger partial charge in [-0.25, -0.2) is 22.0 Å². The summed E-state index contributed by atoms with van der Waals surface area (Å²) in [6, 6.07) is 4.75. The Bertz CT molecular complexity index is 1400. The molecular formula is C24H20F5N5O. The smallest absolute Gasteiger partial charge is 0.276 e. The lowest BCUT2D eigenvalue weighted by atomic mass is 9.84. The standard InChI is InChI=1S/C24H20F5N5O/c25-16-8-15-20(9-17(16)26)30-11-21(15)32-23(35)19-3-6-34(33-19)12-13-7-18(27)22(31-10-13)14-1-4-24(28,29)5-2-14/h3,6-11,14,30H,1-2,4-5,12H2,(H,32,35). The van der Waals surface area contributed by atoms with Gasteiger partial charge in [0.15, 0.2) is 17.3 Å². The number of halogens is 5. The van der Waals surface area contributed by atoms with Crippen LogP contribution >= 0.6 is 0 Å². The van der Waals surface area contributed by atoms with Crippen LogP contribution in [0.15, 0.2) is 42.9 Å². The quantitative estimate of drug-likeness (QED) is 0.350. The first-order valence-electron chi connectivity index (χ1n) is 11.0. The molecule has 6 nitrogen and oxygen atoms in total. The second-order valence-corrected chi connectivity index (χ2v) is 8.71. The van der Waals surface area contributed by atoms with Gasteiger partial charge in [-0.3, -0.25) is 14.5 Å². The molecule has 4 aromatic rings. The van der Waals surface area contributed by atoms with E-state index >= 15 is 0 Å². The third-order valence-corrected chi connectivity index (χ3v) is 6.22. The molecule has 1 saturated carbocycles. The molecule has 0 spiro atoms. The number of hydrogen-bond donors (Lipinski definition) is 2. The Labute approximate surface area is 196 Å². The molecule has 1 aliphatic rings. The Hall–Kier alpha value is -3.76. The number of alkyl halides is 2. The first-order valence-corrected chi connectivity index (χ1v) is 11.0. The maximum atomic E-state index is 14.7. The summed E-state index contributed by atoms with van der Waals surface area (Å²) in [5.74, 6) is -6.19. The van der Waals surface area contributed by atoms with Gasteiger partial charge >= 0.3 is 0 Å². The third-order valence-electron chi connectivity index (χ3n) is 6.22. The molecule has 1 amide bonds. The van der Waals surface area contributed by atoms with Crippen LogP contribution in [0.4, 0.5) is 27.6 Å². The fraction of sp³-hybridized carbons (Fsp3) is 0.292. The van der Waals surface area contributed by atoms with Gasteiger partial charge in [0.1, 0.15) is 5.82 Å². The summed E-state index contributed by atoms with van der Waals surface area (Å²) in [5, 5.41) is 7.09. The highest BCUT2D eigenvalue weighted by atomic mass is 19.3. The average molecular weight is 489 g/mol. The highest BCUT2D eigenvalue weighted by Crippen LogP contribution is 2.41. The van der Waals surface area contributed by atoms with E-state index in [1.54, 1.807) is 0 Å². The number of aromatic amines is 1. The van der Waals surface area contributed by atoms with E-state index in [1.807, 2.05) is 0 Å². The van der Waals surface area contributed by atoms with Gasteiger partial charge in [-0.15, -0.1) is 0 Å². The molecule has 5 rings (SSSR count). The normalized spacial score (nSPS) is 16.0. The maximum absolute atomic E-state index is 14.7. The number of pyridine rings is 1. The largest absolute Gasteiger partial charge is 0.359 e. The molecule has 11 heteroatoms. The summed E-state index contributed by atoms with van der Waals surface area (Å²) in [4.78, 5) is 19.5. The lowest BCUT2D eigenvalue weighted by Crippen LogP contribution is -2.24. The fourth-order valence-corrected chi connectivity index (χ4v) is 4.35. The number of fused-ring (bicyclic) bond motifs is 1. The van der Waals surface area contributed by atoms with Crippen molar-refractivity contribution in [3.05, 3.63) is 77.3 Å². The Morgan fingerprint density at radius 2 is 1.86 bits per heavy atom. The lowest BCUT2D eigenvalue weighted by Gasteiger charge is -2.28. The van der Waals surface area contributed by atoms with Gasteiger partial charge in [0.05, 0.1) is 23.4 Å². The third kappa shape index (κ3) is 4.75. The van der Waals surface area contributed by atoms with Crippen LogP contribution in [0.5, 0.6) is 0 Å². The van der Waals surface area contributed by atoms with Crippen LogP contribution in [0, 0.1) is 17.5 Å². The van der Waals surface area contributed by atoms with Crippen molar-refractivity contribution in [3.8, 4) is 0 Å². The van der Waals surface area contributed by atoms with E-state index < -0.39 is 29.3 Å². The second kappa shape index (κ2) is 8.79. The average Bonchev–Trinajstić information content (AvgIpc) is 3.42. The van der Waals surface area contributed by atoms with Gasteiger partial charge < -0.3 is 10.3 Å². The zero-order valence-corrected chi connectivity index (χ0v) is 18.3. The van der Waals surface area contributed by atoms with E-state index in [0.717, 1.165) is 12.1 Å². The SMILES string of the molecule is O=C(Nc1c[nH]c2cc(F)c(F)cc12)c1ccn(Cc2cnc(C3CCC(F)(F)CC3)c(F)c2)n1. The van der Waals surface area contributed by atoms with Crippen LogP contribution in [-0.4, -0.2) is 31.6 Å². The number of hydrogen-bond acceptors (Lipinski definition) is 3. The van der Waals surface area contributed by atoms with Crippen LogP contribution in [0.3, 0.4) is 0 Å². The van der Waals surface area contributed by atoms with Crippen LogP contribution in [0.25, 0.3) is 10.9 Å². The Kier molecular flexibility index (Phi) is 5.78. The predicted octanol–water partition coefficient (Wildman–Crippen LogP) is 5.77. The monoisotopic (exact) mass is 489 g/mol. The van der Waals surface area contributed by atoms with Gasteiger partial charge in [-0.05, 0) is 36.6 Å². The molecule has 1 aromatic carbocycles. The predicted molar refractivity (Wildman–Crippen MR) is 118 cm³/mol. The second-order valence-electron chi connectivity index (χ2n) is 8.71.